The second-order valence-corrected chi connectivity index (χ2v) is 5.68. The number of phenols is 1. The molecule has 1 aliphatic heterocycles. The molecule has 0 aliphatic carbocycles. The van der Waals surface area contributed by atoms with Gasteiger partial charge in [-0.15, -0.1) is 0 Å². The third-order valence-electron chi connectivity index (χ3n) is 4.33. The Labute approximate surface area is 134 Å². The van der Waals surface area contributed by atoms with Gasteiger partial charge < -0.3 is 15.7 Å². The molecule has 0 spiro atoms. The number of nitrogens with two attached hydrogens (primary N) is 1. The average molecular weight is 313 g/mol. The maximum absolute atomic E-state index is 11.1. The molecule has 2 aromatic carbocycles. The number of benzene rings is 2. The van der Waals surface area contributed by atoms with Gasteiger partial charge in [0, 0.05) is 24.8 Å². The van der Waals surface area contributed by atoms with Gasteiger partial charge >= 0.3 is 5.69 Å². The van der Waals surface area contributed by atoms with Gasteiger partial charge in [0.15, 0.2) is 5.75 Å². The van der Waals surface area contributed by atoms with Crippen LogP contribution in [-0.2, 0) is 6.42 Å². The lowest BCUT2D eigenvalue weighted by atomic mass is 9.96. The molecule has 23 heavy (non-hydrogen) atoms. The number of rotatable bonds is 4. The number of aryl methyl sites for hydroxylation is 1. The van der Waals surface area contributed by atoms with Crippen LogP contribution in [0.25, 0.3) is 0 Å². The number of hydrogen-bond acceptors (Lipinski definition) is 5. The smallest absolute Gasteiger partial charge is 0.311 e. The van der Waals surface area contributed by atoms with E-state index in [2.05, 4.69) is 17.0 Å². The Morgan fingerprint density at radius 3 is 2.83 bits per heavy atom. The number of fused-ring (bicyclic) bond motifs is 1. The van der Waals surface area contributed by atoms with Crippen molar-refractivity contribution in [3.63, 3.8) is 0 Å². The van der Waals surface area contributed by atoms with E-state index in [1.54, 1.807) is 6.07 Å². The van der Waals surface area contributed by atoms with Crippen LogP contribution in [0.3, 0.4) is 0 Å². The Hall–Kier alpha value is -2.60. The molecule has 2 aromatic rings. The van der Waals surface area contributed by atoms with Crippen molar-refractivity contribution in [1.82, 2.24) is 0 Å². The number of hydrogen-bond donors (Lipinski definition) is 2. The third kappa shape index (κ3) is 2.85. The van der Waals surface area contributed by atoms with Crippen molar-refractivity contribution in [2.75, 3.05) is 18.0 Å². The van der Waals surface area contributed by atoms with Crippen molar-refractivity contribution in [1.29, 1.82) is 0 Å². The molecular weight excluding hydrogens is 294 g/mol. The number of nitrogens with zero attached hydrogens (tertiary/aromatic N) is 2. The third-order valence-corrected chi connectivity index (χ3v) is 4.33. The minimum atomic E-state index is -0.573. The molecule has 0 aromatic heterocycles. The van der Waals surface area contributed by atoms with Crippen molar-refractivity contribution in [2.24, 2.45) is 5.73 Å². The molecule has 0 fully saturated rings. The van der Waals surface area contributed by atoms with Gasteiger partial charge in [-0.3, -0.25) is 10.1 Å². The van der Waals surface area contributed by atoms with Crippen LogP contribution in [0, 0.1) is 10.1 Å². The Kier molecular flexibility index (Phi) is 4.16. The van der Waals surface area contributed by atoms with Crippen molar-refractivity contribution >= 4 is 11.4 Å². The Balaban J connectivity index is 2.01. The second kappa shape index (κ2) is 6.26. The number of para-hydroxylation sites is 1. The van der Waals surface area contributed by atoms with Crippen LogP contribution < -0.4 is 10.6 Å². The predicted octanol–water partition coefficient (Wildman–Crippen LogP) is 2.75. The highest BCUT2D eigenvalue weighted by atomic mass is 16.6. The first kappa shape index (κ1) is 15.3. The Morgan fingerprint density at radius 2 is 2.09 bits per heavy atom. The van der Waals surface area contributed by atoms with E-state index in [0.29, 0.717) is 6.54 Å². The fraction of sp³-hybridized carbons (Fsp3) is 0.294. The van der Waals surface area contributed by atoms with Gasteiger partial charge in [0.2, 0.25) is 0 Å². The summed E-state index contributed by atoms with van der Waals surface area (Å²) < 4.78 is 0. The largest absolute Gasteiger partial charge is 0.502 e. The molecule has 0 saturated carbocycles. The van der Waals surface area contributed by atoms with Crippen LogP contribution in [0.2, 0.25) is 0 Å². The van der Waals surface area contributed by atoms with Gasteiger partial charge in [-0.1, -0.05) is 24.3 Å². The molecule has 0 bridgehead atoms. The number of aromatic hydroxyl groups is 1. The molecule has 3 N–H and O–H groups in total. The number of phenolic OH excluding ortho intramolecular Hbond substituents is 1. The maximum Gasteiger partial charge on any atom is 0.311 e. The van der Waals surface area contributed by atoms with Gasteiger partial charge in [-0.05, 0) is 36.1 Å². The molecule has 6 nitrogen and oxygen atoms in total. The highest BCUT2D eigenvalue weighted by Gasteiger charge is 2.26. The maximum atomic E-state index is 11.1. The summed E-state index contributed by atoms with van der Waals surface area (Å²) in [5.41, 5.74) is 8.84. The highest BCUT2D eigenvalue weighted by molar-refractivity contribution is 5.58. The van der Waals surface area contributed by atoms with Crippen molar-refractivity contribution in [3.8, 4) is 5.75 Å². The minimum Gasteiger partial charge on any atom is -0.502 e. The lowest BCUT2D eigenvalue weighted by Gasteiger charge is -2.37. The first-order chi connectivity index (χ1) is 11.1. The molecule has 0 amide bonds. The molecule has 3 rings (SSSR count). The SMILES string of the molecule is NCC(c1ccc(O)c([N+](=O)[O-])c1)N1CCCc2ccccc21. The Morgan fingerprint density at radius 1 is 1.30 bits per heavy atom. The molecule has 0 radical (unpaired) electrons. The van der Waals surface area contributed by atoms with Crippen LogP contribution in [0.1, 0.15) is 23.6 Å². The van der Waals surface area contributed by atoms with Crippen LogP contribution >= 0.6 is 0 Å². The van der Waals surface area contributed by atoms with E-state index in [1.807, 2.05) is 12.1 Å². The van der Waals surface area contributed by atoms with Crippen LogP contribution in [-0.4, -0.2) is 23.1 Å². The number of anilines is 1. The van der Waals surface area contributed by atoms with Gasteiger partial charge in [-0.2, -0.15) is 0 Å². The van der Waals surface area contributed by atoms with Crippen molar-refractivity contribution in [2.45, 2.75) is 18.9 Å². The molecule has 1 aliphatic rings. The monoisotopic (exact) mass is 313 g/mol. The molecule has 1 atom stereocenters. The first-order valence-corrected chi connectivity index (χ1v) is 7.63. The summed E-state index contributed by atoms with van der Waals surface area (Å²) >= 11 is 0. The fourth-order valence-electron chi connectivity index (χ4n) is 3.22. The number of nitro benzene ring substituents is 1. The lowest BCUT2D eigenvalue weighted by molar-refractivity contribution is -0.385. The van der Waals surface area contributed by atoms with Crippen LogP contribution in [0.15, 0.2) is 42.5 Å². The zero-order valence-electron chi connectivity index (χ0n) is 12.7. The summed E-state index contributed by atoms with van der Waals surface area (Å²) in [6.07, 6.45) is 2.05. The molecule has 1 unspecified atom stereocenters. The standard InChI is InChI=1S/C17H19N3O3/c18-11-16(13-7-8-17(21)15(10-13)20(22)23)19-9-3-5-12-4-1-2-6-14(12)19/h1-2,4,6-8,10,16,21H,3,5,9,11,18H2. The molecule has 120 valence electrons. The van der Waals surface area contributed by atoms with Crippen molar-refractivity contribution in [3.05, 3.63) is 63.7 Å². The van der Waals surface area contributed by atoms with E-state index in [9.17, 15) is 15.2 Å². The van der Waals surface area contributed by atoms with Crippen molar-refractivity contribution < 1.29 is 10.0 Å². The quantitative estimate of drug-likeness (QED) is 0.669. The van der Waals surface area contributed by atoms with E-state index in [4.69, 9.17) is 5.73 Å². The Bertz CT molecular complexity index is 733. The van der Waals surface area contributed by atoms with Gasteiger partial charge in [-0.25, -0.2) is 0 Å². The molecule has 0 saturated heterocycles. The normalized spacial score (nSPS) is 15.1. The topological polar surface area (TPSA) is 92.6 Å². The molecular formula is C17H19N3O3. The van der Waals surface area contributed by atoms with Gasteiger partial charge in [0.25, 0.3) is 0 Å². The summed E-state index contributed by atoms with van der Waals surface area (Å²) in [5.74, 6) is -0.325. The zero-order chi connectivity index (χ0) is 16.4. The number of nitro groups is 1. The summed E-state index contributed by atoms with van der Waals surface area (Å²) in [5, 5.41) is 20.7. The zero-order valence-corrected chi connectivity index (χ0v) is 12.7. The van der Waals surface area contributed by atoms with Crippen LogP contribution in [0.5, 0.6) is 5.75 Å². The van der Waals surface area contributed by atoms with Gasteiger partial charge in [0.05, 0.1) is 11.0 Å². The van der Waals surface area contributed by atoms with E-state index in [1.165, 1.54) is 17.7 Å². The average Bonchev–Trinajstić information content (AvgIpc) is 2.57. The summed E-state index contributed by atoms with van der Waals surface area (Å²) in [6, 6.07) is 12.5. The van der Waals surface area contributed by atoms with Gasteiger partial charge in [0.1, 0.15) is 0 Å². The first-order valence-electron chi connectivity index (χ1n) is 7.63. The minimum absolute atomic E-state index is 0.157. The summed E-state index contributed by atoms with van der Waals surface area (Å²) in [4.78, 5) is 12.7. The lowest BCUT2D eigenvalue weighted by Crippen LogP contribution is -2.37. The van der Waals surface area contributed by atoms with E-state index < -0.39 is 4.92 Å². The summed E-state index contributed by atoms with van der Waals surface area (Å²) in [6.45, 7) is 1.20. The van der Waals surface area contributed by atoms with E-state index >= 15 is 0 Å². The van der Waals surface area contributed by atoms with E-state index in [-0.39, 0.29) is 17.5 Å². The predicted molar refractivity (Wildman–Crippen MR) is 88.7 cm³/mol. The highest BCUT2D eigenvalue weighted by Crippen LogP contribution is 2.36. The second-order valence-electron chi connectivity index (χ2n) is 5.68. The summed E-state index contributed by atoms with van der Waals surface area (Å²) in [7, 11) is 0. The fourth-order valence-corrected chi connectivity index (χ4v) is 3.22. The molecule has 1 heterocycles. The van der Waals surface area contributed by atoms with E-state index in [0.717, 1.165) is 30.6 Å². The van der Waals surface area contributed by atoms with Crippen LogP contribution in [0.4, 0.5) is 11.4 Å². The molecule has 6 heteroatoms.